The topological polar surface area (TPSA) is 169 Å². The van der Waals surface area contributed by atoms with Crippen LogP contribution in [0.5, 0.6) is 0 Å². The maximum atomic E-state index is 14.6. The van der Waals surface area contributed by atoms with Gasteiger partial charge in [0.1, 0.15) is 12.2 Å². The normalized spacial score (nSPS) is 48.3. The standard InChI is InChI=1S/C45H74N2O7/c1-40(25-48,18-15-27-17-20-47-34(46)21-27)44(5,52)39-38(54-39)43(4,51)33-22-29-13-14-31-36-35(41(2)19-16-30(49)23-32(41)37(31)50)28(24-42(33,3)45(29,36)53)12-11-26-9-7-6-8-10-26/h26-30,32-35,38-39,47-49,51-53H,6-25,46H2,1-5H3. The lowest BCUT2D eigenvalue weighted by Gasteiger charge is -2.65. The van der Waals surface area contributed by atoms with Gasteiger partial charge >= 0.3 is 0 Å². The molecule has 8 rings (SSSR count). The molecular formula is C45H74N2O7. The van der Waals surface area contributed by atoms with Crippen LogP contribution >= 0.6 is 0 Å². The number of aliphatic hydroxyl groups is 5. The highest BCUT2D eigenvalue weighted by molar-refractivity contribution is 6.00. The number of epoxide rings is 1. The molecule has 0 aromatic heterocycles. The molecule has 4 saturated carbocycles. The fourth-order valence-electron chi connectivity index (χ4n) is 14.9. The smallest absolute Gasteiger partial charge is 0.162 e. The van der Waals surface area contributed by atoms with Gasteiger partial charge in [-0.15, -0.1) is 0 Å². The molecule has 16 atom stereocenters. The Morgan fingerprint density at radius 2 is 1.67 bits per heavy atom. The molecule has 54 heavy (non-hydrogen) atoms. The van der Waals surface area contributed by atoms with E-state index in [2.05, 4.69) is 19.2 Å². The molecule has 6 fully saturated rings. The van der Waals surface area contributed by atoms with Gasteiger partial charge in [0.2, 0.25) is 0 Å². The lowest BCUT2D eigenvalue weighted by Crippen LogP contribution is -2.66. The van der Waals surface area contributed by atoms with Crippen molar-refractivity contribution in [1.82, 2.24) is 5.32 Å². The van der Waals surface area contributed by atoms with E-state index in [1.807, 2.05) is 13.8 Å². The summed E-state index contributed by atoms with van der Waals surface area (Å²) in [5.41, 5.74) is 2.28. The van der Waals surface area contributed by atoms with Crippen LogP contribution in [0.4, 0.5) is 0 Å². The van der Waals surface area contributed by atoms with Crippen LogP contribution in [0.2, 0.25) is 0 Å². The number of ketones is 1. The molecule has 0 spiro atoms. The number of rotatable bonds is 11. The Morgan fingerprint density at radius 3 is 2.37 bits per heavy atom. The third-order valence-corrected chi connectivity index (χ3v) is 18.6. The van der Waals surface area contributed by atoms with Crippen LogP contribution in [0.15, 0.2) is 11.1 Å². The number of nitrogens with two attached hydrogens (primary N) is 1. The fourth-order valence-corrected chi connectivity index (χ4v) is 14.9. The molecule has 8 aliphatic rings. The molecule has 16 unspecified atom stereocenters. The van der Waals surface area contributed by atoms with Gasteiger partial charge in [0.15, 0.2) is 5.78 Å². The Kier molecular flexibility index (Phi) is 10.2. The quantitative estimate of drug-likeness (QED) is 0.134. The summed E-state index contributed by atoms with van der Waals surface area (Å²) in [4.78, 5) is 14.6. The first-order valence-electron chi connectivity index (χ1n) is 22.3. The molecule has 2 heterocycles. The molecule has 0 bridgehead atoms. The van der Waals surface area contributed by atoms with Crippen LogP contribution in [0.25, 0.3) is 0 Å². The second-order valence-corrected chi connectivity index (χ2v) is 21.5. The number of ether oxygens (including phenoxy) is 1. The Morgan fingerprint density at radius 1 is 0.926 bits per heavy atom. The first kappa shape index (κ1) is 39.9. The summed E-state index contributed by atoms with van der Waals surface area (Å²) in [5, 5.41) is 63.8. The summed E-state index contributed by atoms with van der Waals surface area (Å²) >= 11 is 0. The molecule has 9 nitrogen and oxygen atoms in total. The van der Waals surface area contributed by atoms with Gasteiger partial charge in [0, 0.05) is 16.7 Å². The molecule has 0 aromatic rings. The lowest BCUT2D eigenvalue weighted by molar-refractivity contribution is -0.178. The number of Topliss-reactive ketones (excluding diaryl/α,β-unsaturated/α-hetero) is 1. The van der Waals surface area contributed by atoms with E-state index in [1.54, 1.807) is 6.92 Å². The van der Waals surface area contributed by atoms with Gasteiger partial charge in [-0.3, -0.25) is 4.79 Å². The average Bonchev–Trinajstić information content (AvgIpc) is 3.93. The summed E-state index contributed by atoms with van der Waals surface area (Å²) in [6.45, 7) is 10.8. The molecule has 0 amide bonds. The van der Waals surface area contributed by atoms with E-state index in [-0.39, 0.29) is 53.6 Å². The third-order valence-electron chi connectivity index (χ3n) is 18.6. The number of nitrogens with one attached hydrogen (secondary N) is 1. The third kappa shape index (κ3) is 5.92. The van der Waals surface area contributed by atoms with Crippen molar-refractivity contribution in [2.24, 2.45) is 63.4 Å². The number of piperidine rings is 1. The van der Waals surface area contributed by atoms with Crippen LogP contribution < -0.4 is 11.1 Å². The van der Waals surface area contributed by atoms with Crippen LogP contribution in [0.1, 0.15) is 150 Å². The number of hydrogen-bond acceptors (Lipinski definition) is 9. The van der Waals surface area contributed by atoms with Crippen LogP contribution in [-0.4, -0.2) is 85.7 Å². The molecule has 0 radical (unpaired) electrons. The summed E-state index contributed by atoms with van der Waals surface area (Å²) < 4.78 is 6.41. The molecule has 2 saturated heterocycles. The van der Waals surface area contributed by atoms with Crippen molar-refractivity contribution in [3.8, 4) is 0 Å². The highest BCUT2D eigenvalue weighted by Crippen LogP contribution is 2.75. The maximum absolute atomic E-state index is 14.6. The van der Waals surface area contributed by atoms with Gasteiger partial charge in [-0.05, 0) is 150 Å². The van der Waals surface area contributed by atoms with Gasteiger partial charge < -0.3 is 41.3 Å². The van der Waals surface area contributed by atoms with E-state index in [9.17, 15) is 30.3 Å². The van der Waals surface area contributed by atoms with E-state index >= 15 is 0 Å². The van der Waals surface area contributed by atoms with Gasteiger partial charge in [0.25, 0.3) is 0 Å². The lowest BCUT2D eigenvalue weighted by atomic mass is 9.40. The van der Waals surface area contributed by atoms with Crippen molar-refractivity contribution in [2.75, 3.05) is 13.2 Å². The van der Waals surface area contributed by atoms with E-state index in [1.165, 1.54) is 38.5 Å². The highest BCUT2D eigenvalue weighted by atomic mass is 16.6. The van der Waals surface area contributed by atoms with Crippen molar-refractivity contribution < 1.29 is 35.1 Å². The minimum absolute atomic E-state index is 0.0254. The van der Waals surface area contributed by atoms with Crippen molar-refractivity contribution in [1.29, 1.82) is 0 Å². The van der Waals surface area contributed by atoms with Crippen molar-refractivity contribution >= 4 is 5.78 Å². The van der Waals surface area contributed by atoms with Crippen molar-refractivity contribution in [2.45, 2.75) is 191 Å². The monoisotopic (exact) mass is 755 g/mol. The zero-order chi connectivity index (χ0) is 38.6. The average molecular weight is 755 g/mol. The molecule has 9 heteroatoms. The highest BCUT2D eigenvalue weighted by Gasteiger charge is 2.77. The molecule has 306 valence electrons. The van der Waals surface area contributed by atoms with Crippen LogP contribution in [0, 0.1) is 57.7 Å². The van der Waals surface area contributed by atoms with Gasteiger partial charge in [-0.1, -0.05) is 59.3 Å². The largest absolute Gasteiger partial charge is 0.396 e. The number of fused-ring (bicyclic) bond motifs is 2. The zero-order valence-electron chi connectivity index (χ0n) is 34.1. The van der Waals surface area contributed by atoms with E-state index in [0.717, 1.165) is 62.1 Å². The van der Waals surface area contributed by atoms with Gasteiger partial charge in [-0.2, -0.15) is 0 Å². The Labute approximate surface area is 324 Å². The predicted molar refractivity (Wildman–Crippen MR) is 208 cm³/mol. The number of carbonyl (C=O) groups is 1. The maximum Gasteiger partial charge on any atom is 0.162 e. The van der Waals surface area contributed by atoms with Crippen LogP contribution in [-0.2, 0) is 9.53 Å². The SMILES string of the molecule is CC(O)(C1OC1C(C)(O)C(C)(CO)CCC1CCNC(N)C1)C1CC2CCC3=C4C(C(CCC5CCCCC5)CC1(C)C42O)C1(C)CCC(O)CC1C3=O. The predicted octanol–water partition coefficient (Wildman–Crippen LogP) is 5.53. The first-order valence-corrected chi connectivity index (χ1v) is 22.3. The van der Waals surface area contributed by atoms with Gasteiger partial charge in [0.05, 0.1) is 35.7 Å². The Balaban J connectivity index is 1.11. The van der Waals surface area contributed by atoms with Gasteiger partial charge in [-0.25, -0.2) is 0 Å². The molecule has 6 aliphatic carbocycles. The minimum Gasteiger partial charge on any atom is -0.396 e. The van der Waals surface area contributed by atoms with Crippen LogP contribution in [0.3, 0.4) is 0 Å². The first-order chi connectivity index (χ1) is 25.4. The van der Waals surface area contributed by atoms with Crippen molar-refractivity contribution in [3.63, 3.8) is 0 Å². The number of hydrogen-bond donors (Lipinski definition) is 7. The van der Waals surface area contributed by atoms with E-state index < -0.39 is 45.9 Å². The minimum atomic E-state index is -1.39. The molecular weight excluding hydrogens is 681 g/mol. The molecule has 2 aliphatic heterocycles. The van der Waals surface area contributed by atoms with E-state index in [0.29, 0.717) is 44.4 Å². The number of allylic oxidation sites excluding steroid dienone is 1. The Bertz CT molecular complexity index is 1480. The number of carbonyl (C=O) groups excluding carboxylic acids is 1. The summed E-state index contributed by atoms with van der Waals surface area (Å²) in [6.07, 6.45) is 15.2. The zero-order valence-corrected chi connectivity index (χ0v) is 34.1. The summed E-state index contributed by atoms with van der Waals surface area (Å²) in [7, 11) is 0. The second-order valence-electron chi connectivity index (χ2n) is 21.5. The summed E-state index contributed by atoms with van der Waals surface area (Å²) in [6, 6.07) is 0. The molecule has 8 N–H and O–H groups in total. The fraction of sp³-hybridized carbons (Fsp3) is 0.933. The second kappa shape index (κ2) is 13.8. The van der Waals surface area contributed by atoms with Crippen molar-refractivity contribution in [3.05, 3.63) is 11.1 Å². The Hall–Kier alpha value is -0.910. The van der Waals surface area contributed by atoms with E-state index in [4.69, 9.17) is 10.5 Å². The summed E-state index contributed by atoms with van der Waals surface area (Å²) in [5.74, 6) is 1.10. The molecule has 0 aromatic carbocycles. The number of aliphatic hydroxyl groups excluding tert-OH is 2.